The van der Waals surface area contributed by atoms with Crippen LogP contribution >= 0.6 is 0 Å². The summed E-state index contributed by atoms with van der Waals surface area (Å²) in [5, 5.41) is 0. The molecule has 0 aliphatic carbocycles. The second-order valence-corrected chi connectivity index (χ2v) is 7.10. The average Bonchev–Trinajstić information content (AvgIpc) is 2.38. The SMILES string of the molecule is CC[C@H](C)CCCCCc1cc(S(=O)(=O)O)ccc1C. The lowest BCUT2D eigenvalue weighted by atomic mass is 9.98. The predicted octanol–water partition coefficient (Wildman–Crippen LogP) is 4.39. The Bertz CT molecular complexity index is 521. The molecule has 1 rings (SSSR count). The van der Waals surface area contributed by atoms with Gasteiger partial charge in [-0.1, -0.05) is 45.6 Å². The third-order valence-electron chi connectivity index (χ3n) is 3.96. The predicted molar refractivity (Wildman–Crippen MR) is 82.6 cm³/mol. The summed E-state index contributed by atoms with van der Waals surface area (Å²) in [5.74, 6) is 0.791. The smallest absolute Gasteiger partial charge is 0.282 e. The van der Waals surface area contributed by atoms with Crippen LogP contribution in [0.3, 0.4) is 0 Å². The van der Waals surface area contributed by atoms with Crippen molar-refractivity contribution >= 4 is 10.1 Å². The van der Waals surface area contributed by atoms with Crippen molar-refractivity contribution in [3.05, 3.63) is 29.3 Å². The number of hydrogen-bond donors (Lipinski definition) is 1. The Morgan fingerprint density at radius 2 is 1.90 bits per heavy atom. The minimum absolute atomic E-state index is 0.00212. The van der Waals surface area contributed by atoms with Gasteiger partial charge in [0, 0.05) is 0 Å². The first kappa shape index (κ1) is 17.2. The van der Waals surface area contributed by atoms with Crippen LogP contribution in [0.25, 0.3) is 0 Å². The zero-order valence-electron chi connectivity index (χ0n) is 12.7. The molecule has 3 nitrogen and oxygen atoms in total. The fourth-order valence-corrected chi connectivity index (χ4v) is 2.80. The lowest BCUT2D eigenvalue weighted by Crippen LogP contribution is -2.00. The van der Waals surface area contributed by atoms with Gasteiger partial charge in [0.2, 0.25) is 0 Å². The molecule has 0 bridgehead atoms. The molecule has 1 aromatic carbocycles. The third kappa shape index (κ3) is 5.63. The van der Waals surface area contributed by atoms with Gasteiger partial charge < -0.3 is 0 Å². The second-order valence-electron chi connectivity index (χ2n) is 5.68. The highest BCUT2D eigenvalue weighted by atomic mass is 32.2. The van der Waals surface area contributed by atoms with Gasteiger partial charge in [-0.25, -0.2) is 0 Å². The highest BCUT2D eigenvalue weighted by Gasteiger charge is 2.11. The minimum Gasteiger partial charge on any atom is -0.282 e. The van der Waals surface area contributed by atoms with E-state index in [2.05, 4.69) is 13.8 Å². The maximum absolute atomic E-state index is 11.1. The molecule has 0 saturated carbocycles. The van der Waals surface area contributed by atoms with Crippen molar-refractivity contribution in [3.63, 3.8) is 0 Å². The van der Waals surface area contributed by atoms with Crippen LogP contribution in [0.2, 0.25) is 0 Å². The largest absolute Gasteiger partial charge is 0.294 e. The monoisotopic (exact) mass is 298 g/mol. The van der Waals surface area contributed by atoms with Crippen LogP contribution in [0.5, 0.6) is 0 Å². The molecule has 4 heteroatoms. The fraction of sp³-hybridized carbons (Fsp3) is 0.625. The standard InChI is InChI=1S/C16H26O3S/c1-4-13(2)8-6-5-7-9-15-12-16(20(17,18)19)11-10-14(15)3/h10-13H,4-9H2,1-3H3,(H,17,18,19)/t13-/m0/s1. The minimum atomic E-state index is -4.09. The fourth-order valence-electron chi connectivity index (χ4n) is 2.27. The summed E-state index contributed by atoms with van der Waals surface area (Å²) >= 11 is 0. The Kier molecular flexibility index (Phi) is 6.69. The van der Waals surface area contributed by atoms with Gasteiger partial charge in [0.1, 0.15) is 0 Å². The van der Waals surface area contributed by atoms with Crippen LogP contribution in [-0.4, -0.2) is 13.0 Å². The van der Waals surface area contributed by atoms with Gasteiger partial charge in [0.25, 0.3) is 10.1 Å². The molecule has 1 aromatic rings. The van der Waals surface area contributed by atoms with Crippen LogP contribution in [0.15, 0.2) is 23.1 Å². The molecule has 0 saturated heterocycles. The van der Waals surface area contributed by atoms with E-state index in [0.717, 1.165) is 29.9 Å². The Morgan fingerprint density at radius 1 is 1.20 bits per heavy atom. The molecule has 1 N–H and O–H groups in total. The molecule has 1 atom stereocenters. The van der Waals surface area contributed by atoms with Gasteiger partial charge in [-0.2, -0.15) is 8.42 Å². The highest BCUT2D eigenvalue weighted by molar-refractivity contribution is 7.85. The van der Waals surface area contributed by atoms with E-state index in [1.54, 1.807) is 12.1 Å². The molecule has 0 spiro atoms. The summed E-state index contributed by atoms with van der Waals surface area (Å²) in [6.07, 6.45) is 6.82. The number of hydrogen-bond acceptors (Lipinski definition) is 2. The van der Waals surface area contributed by atoms with E-state index in [1.807, 2.05) is 6.92 Å². The maximum atomic E-state index is 11.1. The molecule has 20 heavy (non-hydrogen) atoms. The number of aryl methyl sites for hydroxylation is 2. The van der Waals surface area contributed by atoms with E-state index in [4.69, 9.17) is 4.55 Å². The molecular formula is C16H26O3S. The Hall–Kier alpha value is -0.870. The first-order valence-electron chi connectivity index (χ1n) is 7.41. The van der Waals surface area contributed by atoms with Gasteiger partial charge in [0.15, 0.2) is 0 Å². The number of unbranched alkanes of at least 4 members (excludes halogenated alkanes) is 2. The second kappa shape index (κ2) is 7.79. The number of rotatable bonds is 8. The average molecular weight is 298 g/mol. The normalized spacial score (nSPS) is 13.4. The molecule has 0 heterocycles. The lowest BCUT2D eigenvalue weighted by molar-refractivity contribution is 0.477. The van der Waals surface area contributed by atoms with Crippen LogP contribution < -0.4 is 0 Å². The van der Waals surface area contributed by atoms with Crippen molar-refractivity contribution in [3.8, 4) is 0 Å². The molecule has 0 amide bonds. The molecule has 114 valence electrons. The van der Waals surface area contributed by atoms with Crippen LogP contribution in [0.4, 0.5) is 0 Å². The molecule has 0 radical (unpaired) electrons. The first-order valence-corrected chi connectivity index (χ1v) is 8.85. The highest BCUT2D eigenvalue weighted by Crippen LogP contribution is 2.19. The summed E-state index contributed by atoms with van der Waals surface area (Å²) in [4.78, 5) is -0.00212. The molecule has 0 aliphatic rings. The van der Waals surface area contributed by atoms with Crippen molar-refractivity contribution < 1.29 is 13.0 Å². The van der Waals surface area contributed by atoms with Crippen molar-refractivity contribution in [1.29, 1.82) is 0 Å². The summed E-state index contributed by atoms with van der Waals surface area (Å²) < 4.78 is 31.3. The van der Waals surface area contributed by atoms with E-state index >= 15 is 0 Å². The van der Waals surface area contributed by atoms with Gasteiger partial charge in [0.05, 0.1) is 4.90 Å². The Balaban J connectivity index is 2.52. The lowest BCUT2D eigenvalue weighted by Gasteiger charge is -2.09. The van der Waals surface area contributed by atoms with Gasteiger partial charge in [-0.05, 0) is 48.9 Å². The van der Waals surface area contributed by atoms with Crippen LogP contribution in [0.1, 0.15) is 57.1 Å². The third-order valence-corrected chi connectivity index (χ3v) is 4.81. The van der Waals surface area contributed by atoms with E-state index in [9.17, 15) is 8.42 Å². The molecule has 0 unspecified atom stereocenters. The van der Waals surface area contributed by atoms with Crippen LogP contribution in [0, 0.1) is 12.8 Å². The quantitative estimate of drug-likeness (QED) is 0.572. The Labute approximate surface area is 123 Å². The molecule has 0 fully saturated rings. The van der Waals surface area contributed by atoms with Gasteiger partial charge in [-0.15, -0.1) is 0 Å². The zero-order chi connectivity index (χ0) is 15.2. The molecule has 0 aromatic heterocycles. The van der Waals surface area contributed by atoms with Crippen LogP contribution in [-0.2, 0) is 16.5 Å². The van der Waals surface area contributed by atoms with E-state index in [1.165, 1.54) is 31.7 Å². The van der Waals surface area contributed by atoms with Gasteiger partial charge in [-0.3, -0.25) is 4.55 Å². The van der Waals surface area contributed by atoms with E-state index in [0.29, 0.717) is 0 Å². The van der Waals surface area contributed by atoms with Crippen molar-refractivity contribution in [2.45, 2.75) is 64.2 Å². The Morgan fingerprint density at radius 3 is 2.50 bits per heavy atom. The molecule has 0 aliphatic heterocycles. The van der Waals surface area contributed by atoms with Gasteiger partial charge >= 0.3 is 0 Å². The van der Waals surface area contributed by atoms with Crippen molar-refractivity contribution in [2.24, 2.45) is 5.92 Å². The maximum Gasteiger partial charge on any atom is 0.294 e. The van der Waals surface area contributed by atoms with Crippen molar-refractivity contribution in [2.75, 3.05) is 0 Å². The van der Waals surface area contributed by atoms with Crippen molar-refractivity contribution in [1.82, 2.24) is 0 Å². The summed E-state index contributed by atoms with van der Waals surface area (Å²) in [6.45, 7) is 6.47. The molecular weight excluding hydrogens is 272 g/mol. The topological polar surface area (TPSA) is 54.4 Å². The van der Waals surface area contributed by atoms with E-state index < -0.39 is 10.1 Å². The van der Waals surface area contributed by atoms with E-state index in [-0.39, 0.29) is 4.90 Å². The zero-order valence-corrected chi connectivity index (χ0v) is 13.5. The summed E-state index contributed by atoms with van der Waals surface area (Å²) in [5.41, 5.74) is 2.10. The summed E-state index contributed by atoms with van der Waals surface area (Å²) in [6, 6.07) is 4.81. The number of benzene rings is 1. The first-order chi connectivity index (χ1) is 9.34. The summed E-state index contributed by atoms with van der Waals surface area (Å²) in [7, 11) is -4.09.